The van der Waals surface area contributed by atoms with Gasteiger partial charge in [-0.05, 0) is 49.3 Å². The molecule has 0 aliphatic carbocycles. The molecule has 0 aromatic heterocycles. The molecule has 1 unspecified atom stereocenters. The monoisotopic (exact) mass is 307 g/mol. The van der Waals surface area contributed by atoms with Crippen molar-refractivity contribution in [1.29, 1.82) is 0 Å². The number of rotatable bonds is 8. The largest absolute Gasteiger partial charge is 0.493 e. The molecule has 0 bridgehead atoms. The maximum absolute atomic E-state index is 11.9. The zero-order valence-corrected chi connectivity index (χ0v) is 12.5. The van der Waals surface area contributed by atoms with Gasteiger partial charge in [-0.25, -0.2) is 0 Å². The molecule has 0 fully saturated rings. The Hall–Kier alpha value is -0.880. The number of ether oxygens (including phenoxy) is 1. The van der Waals surface area contributed by atoms with E-state index in [1.54, 1.807) is 12.1 Å². The van der Waals surface area contributed by atoms with Crippen molar-refractivity contribution in [2.75, 3.05) is 18.9 Å². The van der Waals surface area contributed by atoms with Gasteiger partial charge in [0.2, 0.25) is 0 Å². The maximum atomic E-state index is 11.9. The predicted molar refractivity (Wildman–Crippen MR) is 77.2 cm³/mol. The SMILES string of the molecule is CCCNC(C)c1ccc(OCCSC(F)(F)F)cc1. The number of alkyl halides is 3. The molecule has 1 aromatic carbocycles. The normalized spacial score (nSPS) is 13.2. The first-order chi connectivity index (χ1) is 9.42. The van der Waals surface area contributed by atoms with Crippen molar-refractivity contribution >= 4 is 11.8 Å². The van der Waals surface area contributed by atoms with Crippen LogP contribution in [0.15, 0.2) is 24.3 Å². The topological polar surface area (TPSA) is 21.3 Å². The molecule has 0 heterocycles. The summed E-state index contributed by atoms with van der Waals surface area (Å²) in [6.45, 7) is 5.18. The second-order valence-electron chi connectivity index (χ2n) is 4.39. The maximum Gasteiger partial charge on any atom is 0.441 e. The fourth-order valence-corrected chi connectivity index (χ4v) is 2.05. The van der Waals surface area contributed by atoms with Crippen molar-refractivity contribution in [3.63, 3.8) is 0 Å². The van der Waals surface area contributed by atoms with Crippen LogP contribution in [-0.4, -0.2) is 24.4 Å². The fraction of sp³-hybridized carbons (Fsp3) is 0.571. The molecule has 0 spiro atoms. The quantitative estimate of drug-likeness (QED) is 0.720. The van der Waals surface area contributed by atoms with Gasteiger partial charge < -0.3 is 10.1 Å². The van der Waals surface area contributed by atoms with E-state index in [0.29, 0.717) is 5.75 Å². The summed E-state index contributed by atoms with van der Waals surface area (Å²) in [5, 5.41) is 3.37. The molecule has 1 aromatic rings. The highest BCUT2D eigenvalue weighted by Gasteiger charge is 2.27. The lowest BCUT2D eigenvalue weighted by atomic mass is 10.1. The van der Waals surface area contributed by atoms with Gasteiger partial charge in [0.25, 0.3) is 0 Å². The summed E-state index contributed by atoms with van der Waals surface area (Å²) in [6, 6.07) is 7.69. The fourth-order valence-electron chi connectivity index (χ4n) is 1.65. The van der Waals surface area contributed by atoms with Crippen LogP contribution >= 0.6 is 11.8 Å². The van der Waals surface area contributed by atoms with E-state index >= 15 is 0 Å². The van der Waals surface area contributed by atoms with Crippen LogP contribution in [0.1, 0.15) is 31.9 Å². The summed E-state index contributed by atoms with van der Waals surface area (Å²) in [5.41, 5.74) is -3.05. The summed E-state index contributed by atoms with van der Waals surface area (Å²) in [6.07, 6.45) is 1.07. The molecular weight excluding hydrogens is 287 g/mol. The van der Waals surface area contributed by atoms with Gasteiger partial charge in [-0.1, -0.05) is 19.1 Å². The minimum Gasteiger partial charge on any atom is -0.493 e. The van der Waals surface area contributed by atoms with E-state index in [0.717, 1.165) is 18.5 Å². The smallest absolute Gasteiger partial charge is 0.441 e. The Kier molecular flexibility index (Phi) is 7.23. The van der Waals surface area contributed by atoms with Crippen molar-refractivity contribution in [1.82, 2.24) is 5.32 Å². The Bertz CT molecular complexity index is 381. The Morgan fingerprint density at radius 1 is 1.25 bits per heavy atom. The van der Waals surface area contributed by atoms with Crippen molar-refractivity contribution in [2.45, 2.75) is 31.8 Å². The molecular formula is C14H20F3NOS. The summed E-state index contributed by atoms with van der Waals surface area (Å²) in [4.78, 5) is 0. The van der Waals surface area contributed by atoms with E-state index in [-0.39, 0.29) is 30.2 Å². The number of hydrogen-bond donors (Lipinski definition) is 1. The van der Waals surface area contributed by atoms with Gasteiger partial charge in [0.1, 0.15) is 5.75 Å². The molecule has 0 saturated heterocycles. The standard InChI is InChI=1S/C14H20F3NOS/c1-3-8-18-11(2)12-4-6-13(7-5-12)19-9-10-20-14(15,16)17/h4-7,11,18H,3,8-10H2,1-2H3. The molecule has 0 saturated carbocycles. The second-order valence-corrected chi connectivity index (χ2v) is 5.55. The number of benzene rings is 1. The van der Waals surface area contributed by atoms with Crippen molar-refractivity contribution in [3.05, 3.63) is 29.8 Å². The molecule has 2 nitrogen and oxygen atoms in total. The lowest BCUT2D eigenvalue weighted by Gasteiger charge is -2.14. The van der Waals surface area contributed by atoms with Crippen LogP contribution in [0.3, 0.4) is 0 Å². The van der Waals surface area contributed by atoms with Crippen molar-refractivity contribution in [2.24, 2.45) is 0 Å². The molecule has 0 aliphatic heterocycles. The average molecular weight is 307 g/mol. The minimum absolute atomic E-state index is 0.0488. The third kappa shape index (κ3) is 7.05. The number of thioether (sulfide) groups is 1. The first-order valence-corrected chi connectivity index (χ1v) is 7.57. The zero-order chi connectivity index (χ0) is 15.0. The molecule has 0 radical (unpaired) electrons. The lowest BCUT2D eigenvalue weighted by molar-refractivity contribution is -0.0329. The summed E-state index contributed by atoms with van der Waals surface area (Å²) < 4.78 is 41.1. The summed E-state index contributed by atoms with van der Waals surface area (Å²) in [5.74, 6) is 0.499. The first kappa shape index (κ1) is 17.2. The van der Waals surface area contributed by atoms with E-state index in [1.807, 2.05) is 12.1 Å². The van der Waals surface area contributed by atoms with Crippen LogP contribution in [0.4, 0.5) is 13.2 Å². The lowest BCUT2D eigenvalue weighted by Crippen LogP contribution is -2.19. The van der Waals surface area contributed by atoms with Gasteiger partial charge in [-0.3, -0.25) is 0 Å². The molecule has 0 aliphatic rings. The van der Waals surface area contributed by atoms with Crippen LogP contribution in [0.25, 0.3) is 0 Å². The third-order valence-corrected chi connectivity index (χ3v) is 3.40. The molecule has 114 valence electrons. The molecule has 1 rings (SSSR count). The van der Waals surface area contributed by atoms with E-state index in [2.05, 4.69) is 19.2 Å². The average Bonchev–Trinajstić information content (AvgIpc) is 2.40. The Morgan fingerprint density at radius 3 is 2.45 bits per heavy atom. The molecule has 1 N–H and O–H groups in total. The number of hydrogen-bond acceptors (Lipinski definition) is 3. The zero-order valence-electron chi connectivity index (χ0n) is 11.7. The van der Waals surface area contributed by atoms with E-state index in [1.165, 1.54) is 0 Å². The van der Waals surface area contributed by atoms with Gasteiger partial charge in [0.05, 0.1) is 6.61 Å². The van der Waals surface area contributed by atoms with Gasteiger partial charge >= 0.3 is 5.51 Å². The summed E-state index contributed by atoms with van der Waals surface area (Å²) >= 11 is -0.0651. The minimum atomic E-state index is -4.19. The van der Waals surface area contributed by atoms with E-state index in [9.17, 15) is 13.2 Å². The number of nitrogens with one attached hydrogen (secondary N) is 1. The Labute approximate surface area is 122 Å². The third-order valence-electron chi connectivity index (χ3n) is 2.70. The van der Waals surface area contributed by atoms with Gasteiger partial charge in [0.15, 0.2) is 0 Å². The second kappa shape index (κ2) is 8.42. The Balaban J connectivity index is 2.35. The highest BCUT2D eigenvalue weighted by molar-refractivity contribution is 8.00. The van der Waals surface area contributed by atoms with Crippen LogP contribution in [0.5, 0.6) is 5.75 Å². The van der Waals surface area contributed by atoms with Gasteiger partial charge in [-0.2, -0.15) is 13.2 Å². The predicted octanol–water partition coefficient (Wildman–Crippen LogP) is 4.38. The highest BCUT2D eigenvalue weighted by Crippen LogP contribution is 2.29. The first-order valence-electron chi connectivity index (χ1n) is 6.59. The molecule has 6 heteroatoms. The Morgan fingerprint density at radius 2 is 1.90 bits per heavy atom. The summed E-state index contributed by atoms with van der Waals surface area (Å²) in [7, 11) is 0. The molecule has 20 heavy (non-hydrogen) atoms. The van der Waals surface area contributed by atoms with E-state index in [4.69, 9.17) is 4.74 Å². The van der Waals surface area contributed by atoms with Crippen molar-refractivity contribution in [3.8, 4) is 5.75 Å². The van der Waals surface area contributed by atoms with Gasteiger partial charge in [-0.15, -0.1) is 0 Å². The van der Waals surface area contributed by atoms with E-state index < -0.39 is 5.51 Å². The molecule has 0 amide bonds. The van der Waals surface area contributed by atoms with Crippen LogP contribution in [0.2, 0.25) is 0 Å². The van der Waals surface area contributed by atoms with Crippen LogP contribution < -0.4 is 10.1 Å². The number of halogens is 3. The van der Waals surface area contributed by atoms with Crippen LogP contribution in [0, 0.1) is 0 Å². The van der Waals surface area contributed by atoms with Crippen molar-refractivity contribution < 1.29 is 17.9 Å². The highest BCUT2D eigenvalue weighted by atomic mass is 32.2. The molecule has 1 atom stereocenters. The van der Waals surface area contributed by atoms with Crippen LogP contribution in [-0.2, 0) is 0 Å². The van der Waals surface area contributed by atoms with Gasteiger partial charge in [0, 0.05) is 11.8 Å².